The quantitative estimate of drug-likeness (QED) is 0.592. The molecule has 0 radical (unpaired) electrons. The molecule has 17 heavy (non-hydrogen) atoms. The first-order chi connectivity index (χ1) is 7.71. The van der Waals surface area contributed by atoms with Gasteiger partial charge in [0.15, 0.2) is 9.84 Å². The first kappa shape index (κ1) is 13.9. The van der Waals surface area contributed by atoms with Crippen LogP contribution in [-0.2, 0) is 20.0 Å². The largest absolute Gasteiger partial charge is 0.399 e. The van der Waals surface area contributed by atoms with Gasteiger partial charge in [0.25, 0.3) is 10.1 Å². The Morgan fingerprint density at radius 1 is 1.00 bits per heavy atom. The summed E-state index contributed by atoms with van der Waals surface area (Å²) in [5.74, 6) is -0.905. The van der Waals surface area contributed by atoms with Crippen LogP contribution >= 0.6 is 0 Å². The summed E-state index contributed by atoms with van der Waals surface area (Å²) in [5, 5.41) is 0. The van der Waals surface area contributed by atoms with E-state index < -0.39 is 25.7 Å². The summed E-state index contributed by atoms with van der Waals surface area (Å²) < 4.78 is 52.8. The molecular formula is C9H13NO5S2. The highest BCUT2D eigenvalue weighted by Crippen LogP contribution is 2.14. The van der Waals surface area contributed by atoms with Crippen molar-refractivity contribution in [3.8, 4) is 0 Å². The standard InChI is InChI=1S/C9H13NO5S2/c10-8-2-4-9(5-3-8)16(11,12)6-1-7-17(13,14)15/h2-5H,1,6-7,10H2,(H,13,14,15). The van der Waals surface area contributed by atoms with E-state index in [1.54, 1.807) is 0 Å². The summed E-state index contributed by atoms with van der Waals surface area (Å²) >= 11 is 0. The van der Waals surface area contributed by atoms with E-state index in [1.807, 2.05) is 0 Å². The predicted octanol–water partition coefficient (Wildman–Crippen LogP) is 0.320. The molecule has 0 amide bonds. The monoisotopic (exact) mass is 279 g/mol. The van der Waals surface area contributed by atoms with Crippen molar-refractivity contribution in [3.63, 3.8) is 0 Å². The molecule has 0 fully saturated rings. The molecule has 0 atom stereocenters. The van der Waals surface area contributed by atoms with Gasteiger partial charge in [-0.25, -0.2) is 8.42 Å². The fourth-order valence-corrected chi connectivity index (χ4v) is 3.23. The maximum Gasteiger partial charge on any atom is 0.264 e. The summed E-state index contributed by atoms with van der Waals surface area (Å²) in [6.07, 6.45) is -0.147. The lowest BCUT2D eigenvalue weighted by atomic mass is 10.3. The molecule has 0 unspecified atom stereocenters. The highest BCUT2D eigenvalue weighted by atomic mass is 32.2. The third-order valence-electron chi connectivity index (χ3n) is 2.05. The van der Waals surface area contributed by atoms with Crippen molar-refractivity contribution in [1.29, 1.82) is 0 Å². The van der Waals surface area contributed by atoms with Gasteiger partial charge in [-0.15, -0.1) is 0 Å². The fraction of sp³-hybridized carbons (Fsp3) is 0.333. The number of nitrogen functional groups attached to an aromatic ring is 1. The third-order valence-corrected chi connectivity index (χ3v) is 4.68. The molecule has 3 N–H and O–H groups in total. The van der Waals surface area contributed by atoms with E-state index in [1.165, 1.54) is 24.3 Å². The van der Waals surface area contributed by atoms with Crippen molar-refractivity contribution in [2.45, 2.75) is 11.3 Å². The number of anilines is 1. The lowest BCUT2D eigenvalue weighted by molar-refractivity contribution is 0.482. The van der Waals surface area contributed by atoms with Crippen molar-refractivity contribution in [2.75, 3.05) is 17.2 Å². The van der Waals surface area contributed by atoms with E-state index in [4.69, 9.17) is 10.3 Å². The number of rotatable bonds is 5. The van der Waals surface area contributed by atoms with Crippen LogP contribution in [-0.4, -0.2) is 32.9 Å². The molecule has 1 aromatic carbocycles. The second kappa shape index (κ2) is 5.03. The minimum atomic E-state index is -4.12. The van der Waals surface area contributed by atoms with E-state index in [9.17, 15) is 16.8 Å². The minimum Gasteiger partial charge on any atom is -0.399 e. The third kappa shape index (κ3) is 4.72. The van der Waals surface area contributed by atoms with Crippen LogP contribution in [0.15, 0.2) is 29.2 Å². The zero-order chi connectivity index (χ0) is 13.1. The zero-order valence-electron chi connectivity index (χ0n) is 8.90. The molecule has 1 rings (SSSR count). The van der Waals surface area contributed by atoms with E-state index in [0.29, 0.717) is 5.69 Å². The Balaban J connectivity index is 2.73. The molecule has 0 aromatic heterocycles. The van der Waals surface area contributed by atoms with Crippen molar-refractivity contribution in [1.82, 2.24) is 0 Å². The molecule has 0 saturated heterocycles. The van der Waals surface area contributed by atoms with Crippen LogP contribution in [0.3, 0.4) is 0 Å². The maximum absolute atomic E-state index is 11.7. The van der Waals surface area contributed by atoms with Gasteiger partial charge in [0, 0.05) is 5.69 Å². The molecule has 0 heterocycles. The predicted molar refractivity (Wildman–Crippen MR) is 63.9 cm³/mol. The van der Waals surface area contributed by atoms with Crippen molar-refractivity contribution >= 4 is 25.6 Å². The Hall–Kier alpha value is -1.12. The van der Waals surface area contributed by atoms with Crippen LogP contribution in [0.1, 0.15) is 6.42 Å². The lowest BCUT2D eigenvalue weighted by Crippen LogP contribution is -2.12. The SMILES string of the molecule is Nc1ccc(S(=O)(=O)CCCS(=O)(=O)O)cc1. The van der Waals surface area contributed by atoms with Crippen LogP contribution in [0.4, 0.5) is 5.69 Å². The van der Waals surface area contributed by atoms with Crippen LogP contribution in [0, 0.1) is 0 Å². The van der Waals surface area contributed by atoms with Gasteiger partial charge in [-0.05, 0) is 30.7 Å². The molecule has 0 aliphatic heterocycles. The second-order valence-electron chi connectivity index (χ2n) is 3.53. The maximum atomic E-state index is 11.7. The van der Waals surface area contributed by atoms with E-state index in [2.05, 4.69) is 0 Å². The highest BCUT2D eigenvalue weighted by Gasteiger charge is 2.15. The normalized spacial score (nSPS) is 12.5. The van der Waals surface area contributed by atoms with Gasteiger partial charge in [0.05, 0.1) is 16.4 Å². The Labute approximate surface area is 100 Å². The number of hydrogen-bond donors (Lipinski definition) is 2. The Morgan fingerprint density at radius 2 is 1.53 bits per heavy atom. The topological polar surface area (TPSA) is 115 Å². The van der Waals surface area contributed by atoms with Crippen LogP contribution < -0.4 is 5.73 Å². The average Bonchev–Trinajstić information content (AvgIpc) is 2.15. The smallest absolute Gasteiger partial charge is 0.264 e. The van der Waals surface area contributed by atoms with E-state index >= 15 is 0 Å². The van der Waals surface area contributed by atoms with E-state index in [0.717, 1.165) is 0 Å². The minimum absolute atomic E-state index is 0.0852. The molecule has 0 saturated carbocycles. The van der Waals surface area contributed by atoms with Gasteiger partial charge < -0.3 is 5.73 Å². The molecule has 0 spiro atoms. The molecule has 0 aliphatic carbocycles. The van der Waals surface area contributed by atoms with Gasteiger partial charge >= 0.3 is 0 Å². The van der Waals surface area contributed by atoms with Crippen molar-refractivity contribution in [2.24, 2.45) is 0 Å². The Kier molecular flexibility index (Phi) is 4.12. The summed E-state index contributed by atoms with van der Waals surface area (Å²) in [6, 6.07) is 5.63. The fourth-order valence-electron chi connectivity index (χ4n) is 1.22. The number of benzene rings is 1. The first-order valence-electron chi connectivity index (χ1n) is 4.74. The second-order valence-corrected chi connectivity index (χ2v) is 7.21. The Morgan fingerprint density at radius 3 is 2.00 bits per heavy atom. The van der Waals surface area contributed by atoms with E-state index in [-0.39, 0.29) is 17.1 Å². The number of nitrogens with two attached hydrogens (primary N) is 1. The average molecular weight is 279 g/mol. The van der Waals surface area contributed by atoms with Gasteiger partial charge in [-0.3, -0.25) is 4.55 Å². The molecular weight excluding hydrogens is 266 g/mol. The summed E-state index contributed by atoms with van der Waals surface area (Å²) in [6.45, 7) is 0. The number of sulfone groups is 1. The lowest BCUT2D eigenvalue weighted by Gasteiger charge is -2.03. The summed E-state index contributed by atoms with van der Waals surface area (Å²) in [5.41, 5.74) is 5.87. The first-order valence-corrected chi connectivity index (χ1v) is 8.00. The molecule has 0 bridgehead atoms. The van der Waals surface area contributed by atoms with Gasteiger partial charge in [0.1, 0.15) is 0 Å². The summed E-state index contributed by atoms with van der Waals surface area (Å²) in [4.78, 5) is 0.0852. The van der Waals surface area contributed by atoms with Gasteiger partial charge in [-0.2, -0.15) is 8.42 Å². The molecule has 1 aromatic rings. The molecule has 0 aliphatic rings. The highest BCUT2D eigenvalue weighted by molar-refractivity contribution is 7.91. The van der Waals surface area contributed by atoms with Crippen LogP contribution in [0.5, 0.6) is 0 Å². The number of hydrogen-bond acceptors (Lipinski definition) is 5. The van der Waals surface area contributed by atoms with Gasteiger partial charge in [0.2, 0.25) is 0 Å². The van der Waals surface area contributed by atoms with Crippen LogP contribution in [0.25, 0.3) is 0 Å². The zero-order valence-corrected chi connectivity index (χ0v) is 10.5. The molecule has 8 heteroatoms. The molecule has 96 valence electrons. The Bertz CT molecular complexity index is 574. The van der Waals surface area contributed by atoms with Gasteiger partial charge in [-0.1, -0.05) is 0 Å². The van der Waals surface area contributed by atoms with Crippen molar-refractivity contribution < 1.29 is 21.4 Å². The van der Waals surface area contributed by atoms with Crippen LogP contribution in [0.2, 0.25) is 0 Å². The molecule has 6 nitrogen and oxygen atoms in total. The summed E-state index contributed by atoms with van der Waals surface area (Å²) in [7, 11) is -7.65. The van der Waals surface area contributed by atoms with Crippen molar-refractivity contribution in [3.05, 3.63) is 24.3 Å².